The Hall–Kier alpha value is -1.33. The molecule has 0 saturated heterocycles. The number of benzene rings is 1. The van der Waals surface area contributed by atoms with Crippen molar-refractivity contribution in [1.29, 1.82) is 0 Å². The fourth-order valence-electron chi connectivity index (χ4n) is 1.02. The number of hydrazone groups is 1. The summed E-state index contributed by atoms with van der Waals surface area (Å²) in [6, 6.07) is 7.12. The summed E-state index contributed by atoms with van der Waals surface area (Å²) in [5.74, 6) is 0.423. The summed E-state index contributed by atoms with van der Waals surface area (Å²) in [6.07, 6.45) is 0. The standard InChI is InChI=1S/C10H12ClN3OS/c1-2-15-9(13-14-10(12)16)7-3-5-8(11)6-4-7/h3-6H,2H2,1H3,(H3,12,14,16)/b13-9-. The normalized spacial score (nSPS) is 11.0. The molecular formula is C10H12ClN3OS. The molecule has 0 aliphatic carbocycles. The third kappa shape index (κ3) is 4.04. The predicted molar refractivity (Wildman–Crippen MR) is 69.5 cm³/mol. The molecule has 0 saturated carbocycles. The quantitative estimate of drug-likeness (QED) is 0.376. The van der Waals surface area contributed by atoms with Gasteiger partial charge in [0.1, 0.15) is 0 Å². The molecule has 0 aromatic heterocycles. The predicted octanol–water partition coefficient (Wildman–Crippen LogP) is 1.87. The highest BCUT2D eigenvalue weighted by Crippen LogP contribution is 2.10. The lowest BCUT2D eigenvalue weighted by molar-refractivity contribution is 0.326. The molecule has 0 aliphatic heterocycles. The number of rotatable bonds is 3. The molecular weight excluding hydrogens is 246 g/mol. The Labute approximate surface area is 104 Å². The fraction of sp³-hybridized carbons (Fsp3) is 0.200. The molecule has 4 nitrogen and oxygen atoms in total. The van der Waals surface area contributed by atoms with Gasteiger partial charge in [0, 0.05) is 10.6 Å². The van der Waals surface area contributed by atoms with E-state index in [2.05, 4.69) is 22.7 Å². The van der Waals surface area contributed by atoms with E-state index in [1.807, 2.05) is 6.92 Å². The molecule has 16 heavy (non-hydrogen) atoms. The maximum atomic E-state index is 5.78. The first-order valence-corrected chi connectivity index (χ1v) is 5.44. The molecule has 0 amide bonds. The Bertz CT molecular complexity index is 392. The smallest absolute Gasteiger partial charge is 0.238 e. The molecule has 0 spiro atoms. The van der Waals surface area contributed by atoms with Crippen molar-refractivity contribution in [2.45, 2.75) is 6.92 Å². The van der Waals surface area contributed by atoms with Crippen molar-refractivity contribution in [1.82, 2.24) is 5.43 Å². The van der Waals surface area contributed by atoms with E-state index in [-0.39, 0.29) is 5.11 Å². The third-order valence-electron chi connectivity index (χ3n) is 1.64. The fourth-order valence-corrected chi connectivity index (χ4v) is 1.19. The number of thiocarbonyl (C=S) groups is 1. The average Bonchev–Trinajstić information content (AvgIpc) is 2.25. The number of halogens is 1. The van der Waals surface area contributed by atoms with Crippen molar-refractivity contribution in [2.24, 2.45) is 10.8 Å². The van der Waals surface area contributed by atoms with E-state index < -0.39 is 0 Å². The summed E-state index contributed by atoms with van der Waals surface area (Å²) in [5, 5.41) is 4.69. The van der Waals surface area contributed by atoms with E-state index in [4.69, 9.17) is 22.1 Å². The lowest BCUT2D eigenvalue weighted by Crippen LogP contribution is -2.26. The molecule has 0 heterocycles. The first-order chi connectivity index (χ1) is 7.63. The van der Waals surface area contributed by atoms with Crippen LogP contribution in [0.5, 0.6) is 0 Å². The van der Waals surface area contributed by atoms with Gasteiger partial charge in [0.25, 0.3) is 0 Å². The van der Waals surface area contributed by atoms with Gasteiger partial charge in [0.2, 0.25) is 5.90 Å². The lowest BCUT2D eigenvalue weighted by atomic mass is 10.2. The van der Waals surface area contributed by atoms with Crippen molar-refractivity contribution in [3.8, 4) is 0 Å². The molecule has 1 aromatic carbocycles. The maximum Gasteiger partial charge on any atom is 0.238 e. The molecule has 3 N–H and O–H groups in total. The first kappa shape index (κ1) is 12.7. The van der Waals surface area contributed by atoms with Gasteiger partial charge in [-0.25, -0.2) is 0 Å². The highest BCUT2D eigenvalue weighted by atomic mass is 35.5. The second-order valence-corrected chi connectivity index (χ2v) is 3.71. The topological polar surface area (TPSA) is 59.6 Å². The van der Waals surface area contributed by atoms with Crippen molar-refractivity contribution in [2.75, 3.05) is 6.61 Å². The summed E-state index contributed by atoms with van der Waals surface area (Å²) in [5.41, 5.74) is 8.56. The van der Waals surface area contributed by atoms with Crippen molar-refractivity contribution >= 4 is 34.8 Å². The Balaban J connectivity index is 2.88. The molecule has 0 radical (unpaired) electrons. The minimum absolute atomic E-state index is 0.0890. The highest BCUT2D eigenvalue weighted by Gasteiger charge is 2.04. The van der Waals surface area contributed by atoms with Gasteiger partial charge in [-0.2, -0.15) is 0 Å². The maximum absolute atomic E-state index is 5.78. The molecule has 6 heteroatoms. The van der Waals surface area contributed by atoms with Crippen LogP contribution < -0.4 is 11.2 Å². The van der Waals surface area contributed by atoms with Gasteiger partial charge in [-0.05, 0) is 43.4 Å². The van der Waals surface area contributed by atoms with Crippen molar-refractivity contribution in [3.05, 3.63) is 34.9 Å². The van der Waals surface area contributed by atoms with Gasteiger partial charge in [0.05, 0.1) is 6.61 Å². The first-order valence-electron chi connectivity index (χ1n) is 4.65. The van der Waals surface area contributed by atoms with Crippen molar-refractivity contribution in [3.63, 3.8) is 0 Å². The number of nitrogens with one attached hydrogen (secondary N) is 1. The Morgan fingerprint density at radius 1 is 1.50 bits per heavy atom. The van der Waals surface area contributed by atoms with E-state index in [0.29, 0.717) is 17.5 Å². The Morgan fingerprint density at radius 3 is 2.62 bits per heavy atom. The minimum atomic E-state index is 0.0890. The second-order valence-electron chi connectivity index (χ2n) is 2.83. The molecule has 0 unspecified atom stereocenters. The van der Waals surface area contributed by atoms with E-state index >= 15 is 0 Å². The average molecular weight is 258 g/mol. The van der Waals surface area contributed by atoms with Crippen LogP contribution in [0.3, 0.4) is 0 Å². The number of nitrogens with zero attached hydrogens (tertiary/aromatic N) is 1. The van der Waals surface area contributed by atoms with E-state index in [9.17, 15) is 0 Å². The molecule has 86 valence electrons. The van der Waals surface area contributed by atoms with Gasteiger partial charge in [-0.3, -0.25) is 5.43 Å². The number of hydrogen-bond acceptors (Lipinski definition) is 3. The van der Waals surface area contributed by atoms with E-state index in [1.54, 1.807) is 24.3 Å². The van der Waals surface area contributed by atoms with Crippen LogP contribution in [0, 0.1) is 0 Å². The van der Waals surface area contributed by atoms with Gasteiger partial charge in [0.15, 0.2) is 5.11 Å². The van der Waals surface area contributed by atoms with E-state index in [0.717, 1.165) is 5.56 Å². The van der Waals surface area contributed by atoms with Gasteiger partial charge in [-0.1, -0.05) is 11.6 Å². The zero-order valence-corrected chi connectivity index (χ0v) is 10.3. The SMILES string of the molecule is CCO/C(=N\NC(N)=S)c1ccc(Cl)cc1. The minimum Gasteiger partial charge on any atom is -0.477 e. The van der Waals surface area contributed by atoms with Crippen LogP contribution in [-0.4, -0.2) is 17.6 Å². The zero-order valence-electron chi connectivity index (χ0n) is 8.74. The van der Waals surface area contributed by atoms with E-state index in [1.165, 1.54) is 0 Å². The summed E-state index contributed by atoms with van der Waals surface area (Å²) < 4.78 is 5.35. The molecule has 1 aromatic rings. The van der Waals surface area contributed by atoms with Crippen LogP contribution in [0.15, 0.2) is 29.4 Å². The van der Waals surface area contributed by atoms with Gasteiger partial charge >= 0.3 is 0 Å². The van der Waals surface area contributed by atoms with Crippen LogP contribution in [0.25, 0.3) is 0 Å². The van der Waals surface area contributed by atoms with Crippen molar-refractivity contribution < 1.29 is 4.74 Å². The highest BCUT2D eigenvalue weighted by molar-refractivity contribution is 7.80. The number of hydrogen-bond donors (Lipinski definition) is 2. The monoisotopic (exact) mass is 257 g/mol. The molecule has 0 aliphatic rings. The van der Waals surface area contributed by atoms with Crippen LogP contribution in [0.1, 0.15) is 12.5 Å². The number of ether oxygens (including phenoxy) is 1. The summed E-state index contributed by atoms with van der Waals surface area (Å²) in [7, 11) is 0. The Morgan fingerprint density at radius 2 is 2.12 bits per heavy atom. The van der Waals surface area contributed by atoms with Crippen LogP contribution in [0.2, 0.25) is 5.02 Å². The van der Waals surface area contributed by atoms with Gasteiger partial charge < -0.3 is 10.5 Å². The largest absolute Gasteiger partial charge is 0.477 e. The Kier molecular flexibility index (Phi) is 5.01. The van der Waals surface area contributed by atoms with Crippen LogP contribution in [-0.2, 0) is 4.74 Å². The third-order valence-corrected chi connectivity index (χ3v) is 1.98. The zero-order chi connectivity index (χ0) is 12.0. The lowest BCUT2D eigenvalue weighted by Gasteiger charge is -2.07. The second kappa shape index (κ2) is 6.30. The molecule has 0 atom stereocenters. The summed E-state index contributed by atoms with van der Waals surface area (Å²) in [6.45, 7) is 2.37. The molecule has 0 bridgehead atoms. The van der Waals surface area contributed by atoms with Crippen LogP contribution in [0.4, 0.5) is 0 Å². The summed E-state index contributed by atoms with van der Waals surface area (Å²) in [4.78, 5) is 0. The summed E-state index contributed by atoms with van der Waals surface area (Å²) >= 11 is 10.4. The van der Waals surface area contributed by atoms with Crippen LogP contribution >= 0.6 is 23.8 Å². The molecule has 0 fully saturated rings. The van der Waals surface area contributed by atoms with Gasteiger partial charge in [-0.15, -0.1) is 5.10 Å². The molecule has 1 rings (SSSR count). The number of nitrogens with two attached hydrogens (primary N) is 1.